The van der Waals surface area contributed by atoms with Crippen LogP contribution in [0.5, 0.6) is 5.75 Å². The minimum Gasteiger partial charge on any atom is -0.144 e. The molecule has 1 aromatic rings. The average molecular weight is 431 g/mol. The van der Waals surface area contributed by atoms with Gasteiger partial charge in [-0.3, -0.25) is 0 Å². The van der Waals surface area contributed by atoms with Gasteiger partial charge in [-0.2, -0.15) is 0 Å². The number of benzene rings is 1. The van der Waals surface area contributed by atoms with Gasteiger partial charge >= 0.3 is 88.1 Å². The fraction of sp³-hybridized carbons (Fsp3) is 0.588. The van der Waals surface area contributed by atoms with Crippen LogP contribution in [0.3, 0.4) is 0 Å². The third-order valence-electron chi connectivity index (χ3n) is 4.29. The Morgan fingerprint density at radius 1 is 1.15 bits per heavy atom. The molecule has 0 bridgehead atoms. The average Bonchev–Trinajstić information content (AvgIpc) is 2.43. The van der Waals surface area contributed by atoms with Crippen molar-refractivity contribution in [3.05, 3.63) is 18.2 Å². The Morgan fingerprint density at radius 3 is 2.00 bits per heavy atom. The summed E-state index contributed by atoms with van der Waals surface area (Å²) >= 11 is -5.09. The minimum atomic E-state index is -5.09. The molecule has 9 heteroatoms. The summed E-state index contributed by atoms with van der Waals surface area (Å²) in [4.78, 5) is 10.7. The van der Waals surface area contributed by atoms with Crippen LogP contribution in [-0.4, -0.2) is 49.5 Å². The molecule has 2 rings (SSSR count). The zero-order chi connectivity index (χ0) is 20.3. The number of rotatable bonds is 2. The Balaban J connectivity index is 0.000000273. The molecule has 0 aliphatic carbocycles. The number of carbonyl (C=O) groups excluding carboxylic acids is 1. The molecule has 1 heterocycles. The Morgan fingerprint density at radius 2 is 1.65 bits per heavy atom. The molecule has 1 saturated heterocycles. The maximum absolute atomic E-state index is 11.7. The molecule has 147 valence electrons. The Labute approximate surface area is 156 Å². The zero-order valence-electron chi connectivity index (χ0n) is 15.8. The number of aromatic hydroxyl groups is 1. The van der Waals surface area contributed by atoms with Crippen LogP contribution in [0.2, 0.25) is 0 Å². The summed E-state index contributed by atoms with van der Waals surface area (Å²) in [6.45, 7) is 9.40. The first-order chi connectivity index (χ1) is 11.7. The maximum atomic E-state index is 11.7. The Hall–Kier alpha value is -1.31. The molecular weight excluding hydrogens is 403 g/mol. The van der Waals surface area contributed by atoms with Crippen molar-refractivity contribution in [2.45, 2.75) is 65.0 Å². The number of phenols is 1. The second-order valence-electron chi connectivity index (χ2n) is 7.70. The molecule has 0 unspecified atom stereocenters. The van der Waals surface area contributed by atoms with Gasteiger partial charge < -0.3 is 0 Å². The molecule has 0 saturated carbocycles. The molecule has 26 heavy (non-hydrogen) atoms. The third kappa shape index (κ3) is 6.14. The van der Waals surface area contributed by atoms with Crippen molar-refractivity contribution in [2.75, 3.05) is 5.32 Å². The van der Waals surface area contributed by atoms with E-state index >= 15 is 0 Å². The van der Waals surface area contributed by atoms with Crippen LogP contribution in [-0.2, 0) is 13.7 Å². The van der Waals surface area contributed by atoms with Crippen LogP contribution in [0, 0.1) is 0 Å². The van der Waals surface area contributed by atoms with Crippen molar-refractivity contribution >= 4 is 30.1 Å². The largest absolute Gasteiger partial charge is 0.144 e. The van der Waals surface area contributed by atoms with Crippen molar-refractivity contribution in [3.8, 4) is 5.75 Å². The summed E-state index contributed by atoms with van der Waals surface area (Å²) in [5.74, 6) is -0.850. The molecule has 1 fully saturated rings. The standard InChI is InChI=1S/C9H18NO.C8H10AsNO5/c1-8(2)6-5-7-9(3,4)10(8)11;1-5(11)10-6-2-3-7(8(12)4-6)9(13,14)15/h5-7H2,1-4H3;2-4,12H,1H3,(H,10,11)(H2,13,14,15). The van der Waals surface area contributed by atoms with E-state index in [9.17, 15) is 18.8 Å². The van der Waals surface area contributed by atoms with Crippen molar-refractivity contribution in [1.29, 1.82) is 0 Å². The van der Waals surface area contributed by atoms with Gasteiger partial charge in [-0.15, -0.1) is 10.3 Å². The molecule has 1 aliphatic rings. The molecule has 1 amide bonds. The van der Waals surface area contributed by atoms with Crippen LogP contribution in [0.25, 0.3) is 0 Å². The van der Waals surface area contributed by atoms with E-state index in [2.05, 4.69) is 5.32 Å². The number of anilines is 1. The van der Waals surface area contributed by atoms with Gasteiger partial charge in [-0.05, 0) is 47.0 Å². The number of phenolic OH excluding ortho intramolecular Hbond substituents is 1. The van der Waals surface area contributed by atoms with Crippen LogP contribution < -0.4 is 9.67 Å². The summed E-state index contributed by atoms with van der Waals surface area (Å²) < 4.78 is 28.2. The molecular formula is C17H28AsN2O6. The molecule has 8 nitrogen and oxygen atoms in total. The van der Waals surface area contributed by atoms with Gasteiger partial charge in [-0.1, -0.05) is 0 Å². The quantitative estimate of drug-likeness (QED) is 0.522. The van der Waals surface area contributed by atoms with Gasteiger partial charge in [0.2, 0.25) is 0 Å². The summed E-state index contributed by atoms with van der Waals surface area (Å²) in [6.07, 6.45) is 3.23. The Bertz CT molecular complexity index is 682. The second-order valence-corrected chi connectivity index (χ2v) is 11.0. The van der Waals surface area contributed by atoms with E-state index in [-0.39, 0.29) is 22.7 Å². The van der Waals surface area contributed by atoms with Crippen molar-refractivity contribution < 1.29 is 27.0 Å². The zero-order valence-corrected chi connectivity index (χ0v) is 17.7. The molecule has 0 aromatic heterocycles. The van der Waals surface area contributed by atoms with E-state index in [0.29, 0.717) is 0 Å². The van der Waals surface area contributed by atoms with Gasteiger partial charge in [0.1, 0.15) is 0 Å². The number of nitrogens with zero attached hydrogens (tertiary/aromatic N) is 1. The maximum Gasteiger partial charge on any atom is 0.0443 e. The molecule has 0 spiro atoms. The van der Waals surface area contributed by atoms with Crippen LogP contribution in [0.15, 0.2) is 18.2 Å². The van der Waals surface area contributed by atoms with E-state index in [1.165, 1.54) is 24.5 Å². The first-order valence-corrected chi connectivity index (χ1v) is 11.7. The summed E-state index contributed by atoms with van der Waals surface area (Å²) in [7, 11) is 0. The van der Waals surface area contributed by atoms with Crippen LogP contribution >= 0.6 is 0 Å². The number of nitrogens with one attached hydrogen (secondary N) is 1. The fourth-order valence-electron chi connectivity index (χ4n) is 3.03. The van der Waals surface area contributed by atoms with Gasteiger partial charge in [0, 0.05) is 11.1 Å². The predicted octanol–water partition coefficient (Wildman–Crippen LogP) is 1.29. The van der Waals surface area contributed by atoms with E-state index in [1.807, 2.05) is 27.7 Å². The number of hydroxylamine groups is 2. The predicted molar refractivity (Wildman–Crippen MR) is 97.5 cm³/mol. The topological polar surface area (TPSA) is 130 Å². The van der Waals surface area contributed by atoms with Gasteiger partial charge in [0.15, 0.2) is 0 Å². The molecule has 0 atom stereocenters. The van der Waals surface area contributed by atoms with Crippen molar-refractivity contribution in [2.24, 2.45) is 0 Å². The van der Waals surface area contributed by atoms with Gasteiger partial charge in [0.25, 0.3) is 0 Å². The fourth-order valence-corrected chi connectivity index (χ4v) is 4.35. The smallest absolute Gasteiger partial charge is 0.0443 e. The molecule has 4 N–H and O–H groups in total. The van der Waals surface area contributed by atoms with Crippen LogP contribution in [0.4, 0.5) is 5.69 Å². The van der Waals surface area contributed by atoms with Gasteiger partial charge in [-0.25, -0.2) is 0 Å². The molecule has 1 radical (unpaired) electrons. The molecule has 1 aromatic carbocycles. The Kier molecular flexibility index (Phi) is 7.12. The SMILES string of the molecule is CC(=O)Nc1ccc([As](=O)(O)O)c(O)c1.CC1(C)CCCC(C)(C)N1[O]. The van der Waals surface area contributed by atoms with E-state index in [0.717, 1.165) is 25.0 Å². The summed E-state index contributed by atoms with van der Waals surface area (Å²) in [6, 6.07) is 3.51. The monoisotopic (exact) mass is 431 g/mol. The number of hydrogen-bond donors (Lipinski definition) is 4. The summed E-state index contributed by atoms with van der Waals surface area (Å²) in [5.41, 5.74) is -0.0172. The number of hydrogen-bond acceptors (Lipinski definition) is 4. The van der Waals surface area contributed by atoms with E-state index in [4.69, 9.17) is 8.19 Å². The molecule has 1 aliphatic heterocycles. The van der Waals surface area contributed by atoms with Crippen molar-refractivity contribution in [3.63, 3.8) is 0 Å². The van der Waals surface area contributed by atoms with Gasteiger partial charge in [0.05, 0.1) is 0 Å². The minimum absolute atomic E-state index is 0.151. The first-order valence-electron chi connectivity index (χ1n) is 8.31. The van der Waals surface area contributed by atoms with Crippen molar-refractivity contribution in [1.82, 2.24) is 5.06 Å². The van der Waals surface area contributed by atoms with Crippen LogP contribution in [0.1, 0.15) is 53.9 Å². The first kappa shape index (κ1) is 22.7. The summed E-state index contributed by atoms with van der Waals surface area (Å²) in [5, 5.41) is 24.6. The number of carbonyl (C=O) groups is 1. The second kappa shape index (κ2) is 8.15. The van der Waals surface area contributed by atoms with E-state index < -0.39 is 24.3 Å². The number of amides is 1. The third-order valence-corrected chi connectivity index (χ3v) is 6.40. The number of piperidine rings is 1. The van der Waals surface area contributed by atoms with E-state index in [1.54, 1.807) is 0 Å². The normalized spacial score (nSPS) is 19.2.